The lowest BCUT2D eigenvalue weighted by molar-refractivity contribution is -0.137. The molecule has 2 aromatic carbocycles. The summed E-state index contributed by atoms with van der Waals surface area (Å²) in [5.41, 5.74) is -0.357. The zero-order valence-corrected chi connectivity index (χ0v) is 40.5. The third kappa shape index (κ3) is 29.5. The van der Waals surface area contributed by atoms with Gasteiger partial charge in [-0.15, -0.1) is 0 Å². The van der Waals surface area contributed by atoms with Gasteiger partial charge in [0.05, 0.1) is 25.2 Å². The number of morpholine rings is 1. The molecule has 0 aliphatic carbocycles. The zero-order valence-electron chi connectivity index (χ0n) is 40.5. The zero-order chi connectivity index (χ0) is 48.1. The highest BCUT2D eigenvalue weighted by atomic mass is 19.4. The highest BCUT2D eigenvalue weighted by Gasteiger charge is 2.41. The van der Waals surface area contributed by atoms with Gasteiger partial charge in [-0.05, 0) is 43.7 Å². The van der Waals surface area contributed by atoms with Crippen LogP contribution < -0.4 is 0 Å². The van der Waals surface area contributed by atoms with Crippen molar-refractivity contribution in [1.29, 1.82) is 0 Å². The molecule has 1 aromatic heterocycles. The number of Topliss-reactive ketones (excluding diaryl/α,β-unsaturated/α-hetero) is 2. The molecule has 5 rings (SSSR count). The molecule has 0 spiro atoms. The normalized spacial score (nSPS) is 14.0. The molecule has 1 atom stereocenters. The van der Waals surface area contributed by atoms with Crippen LogP contribution in [0.2, 0.25) is 0 Å². The fourth-order valence-corrected chi connectivity index (χ4v) is 4.38. The number of benzene rings is 2. The molecule has 0 unspecified atom stereocenters. The van der Waals surface area contributed by atoms with Crippen LogP contribution in [0.3, 0.4) is 0 Å². The highest BCUT2D eigenvalue weighted by molar-refractivity contribution is 6.03. The van der Waals surface area contributed by atoms with E-state index < -0.39 is 11.7 Å². The minimum absolute atomic E-state index is 0.0458. The summed E-state index contributed by atoms with van der Waals surface area (Å²) < 4.78 is 47.6. The Labute approximate surface area is 366 Å². The number of halogens is 3. The SMILES string of the molecule is CC.CC.CC.CC.CC(=O)c1noc(Cc2cccc(C(F)(F)F)c2)n1.CC(C)=O.CC(C)C(C)C.CC[C@H]1C(=O)N(C)C(=O)N1CCN1CCOCC1.c1ccccc1. The number of likely N-dealkylation sites (N-methyl/N-ethyl adjacent to an activating group) is 1. The molecule has 0 bridgehead atoms. The molecule has 350 valence electrons. The van der Waals surface area contributed by atoms with Crippen LogP contribution in [0.1, 0.15) is 145 Å². The van der Waals surface area contributed by atoms with Crippen LogP contribution >= 0.6 is 0 Å². The smallest absolute Gasteiger partial charge is 0.379 e. The highest BCUT2D eigenvalue weighted by Crippen LogP contribution is 2.30. The second-order valence-corrected chi connectivity index (χ2v) is 13.2. The topological polar surface area (TPSA) is 126 Å². The molecule has 3 heterocycles. The molecule has 2 fully saturated rings. The second-order valence-electron chi connectivity index (χ2n) is 13.2. The number of ketones is 2. The Balaban J connectivity index is -0.000000353. The van der Waals surface area contributed by atoms with Gasteiger partial charge in [0.2, 0.25) is 17.5 Å². The summed E-state index contributed by atoms with van der Waals surface area (Å²) in [5, 5.41) is 3.43. The quantitative estimate of drug-likeness (QED) is 0.161. The van der Waals surface area contributed by atoms with Gasteiger partial charge in [0, 0.05) is 40.2 Å². The largest absolute Gasteiger partial charge is 0.416 e. The van der Waals surface area contributed by atoms with Gasteiger partial charge in [0.15, 0.2) is 0 Å². The molecule has 3 amide bonds. The summed E-state index contributed by atoms with van der Waals surface area (Å²) in [6, 6.07) is 16.4. The Morgan fingerprint density at radius 3 is 1.62 bits per heavy atom. The van der Waals surface area contributed by atoms with Crippen molar-refractivity contribution in [2.24, 2.45) is 11.8 Å². The minimum atomic E-state index is -4.39. The molecule has 3 aromatic rings. The lowest BCUT2D eigenvalue weighted by Gasteiger charge is -2.29. The number of hydrogen-bond donors (Lipinski definition) is 0. The van der Waals surface area contributed by atoms with Gasteiger partial charge in [-0.1, -0.05) is 150 Å². The summed E-state index contributed by atoms with van der Waals surface area (Å²) in [5.74, 6) is 1.45. The maximum atomic E-state index is 12.5. The first-order valence-electron chi connectivity index (χ1n) is 21.7. The molecule has 0 saturated carbocycles. The molecule has 61 heavy (non-hydrogen) atoms. The van der Waals surface area contributed by atoms with Crippen LogP contribution in [0.25, 0.3) is 0 Å². The third-order valence-electron chi connectivity index (χ3n) is 8.06. The fraction of sp³-hybridized carbons (Fsp3) is 0.617. The minimum Gasteiger partial charge on any atom is -0.379 e. The van der Waals surface area contributed by atoms with Crippen molar-refractivity contribution in [3.63, 3.8) is 0 Å². The van der Waals surface area contributed by atoms with E-state index in [9.17, 15) is 32.3 Å². The first-order valence-corrected chi connectivity index (χ1v) is 21.7. The first kappa shape index (κ1) is 63.2. The van der Waals surface area contributed by atoms with Gasteiger partial charge in [0.25, 0.3) is 5.91 Å². The van der Waals surface area contributed by atoms with Gasteiger partial charge in [-0.2, -0.15) is 18.2 Å². The van der Waals surface area contributed by atoms with Gasteiger partial charge in [0.1, 0.15) is 11.8 Å². The maximum Gasteiger partial charge on any atom is 0.416 e. The van der Waals surface area contributed by atoms with Crippen molar-refractivity contribution in [3.05, 3.63) is 83.5 Å². The molecule has 0 N–H and O–H groups in total. The van der Waals surface area contributed by atoms with Crippen molar-refractivity contribution in [2.45, 2.75) is 136 Å². The Kier molecular flexibility index (Phi) is 39.9. The molecule has 2 aliphatic rings. The number of carbonyl (C=O) groups is 4. The lowest BCUT2D eigenvalue weighted by Crippen LogP contribution is -2.44. The predicted molar refractivity (Wildman–Crippen MR) is 243 cm³/mol. The summed E-state index contributed by atoms with van der Waals surface area (Å²) in [6.45, 7) is 36.0. The number of hydrogen-bond acceptors (Lipinski definition) is 9. The number of aromatic nitrogens is 2. The van der Waals surface area contributed by atoms with Crippen molar-refractivity contribution < 1.29 is 41.6 Å². The molecule has 14 heteroatoms. The number of ether oxygens (including phenoxy) is 1. The molecular weight excluding hydrogens is 788 g/mol. The van der Waals surface area contributed by atoms with Crippen LogP contribution in [0.4, 0.5) is 18.0 Å². The Hall–Kier alpha value is -4.43. The predicted octanol–water partition coefficient (Wildman–Crippen LogP) is 11.6. The molecule has 11 nitrogen and oxygen atoms in total. The van der Waals surface area contributed by atoms with Crippen LogP contribution in [-0.4, -0.2) is 101 Å². The van der Waals surface area contributed by atoms with E-state index in [0.29, 0.717) is 18.5 Å². The van der Waals surface area contributed by atoms with Crippen LogP contribution in [0, 0.1) is 11.8 Å². The average molecular weight is 868 g/mol. The number of alkyl halides is 3. The Bertz CT molecular complexity index is 1490. The monoisotopic (exact) mass is 868 g/mol. The van der Waals surface area contributed by atoms with Gasteiger partial charge in [-0.25, -0.2) is 4.79 Å². The standard InChI is InChI=1S/C12H9F3N2O2.C12H21N3O3.C6H6.C6H14.C3H6O.4C2H6/c1-7(18)11-16-10(19-17-11)6-8-3-2-4-9(5-8)12(13,14)15;1-3-10-11(16)13(2)12(17)15(10)5-4-14-6-8-18-9-7-14;1-2-4-6-5-3-1;1-5(2)6(3)4;1-3(2)4;4*1-2/h2-5H,6H2,1H3;10H,3-9H2,1-2H3;1-6H;5-6H,1-4H3;1-2H3;4*1-2H3/t;10-;;;;;;;/m.0......./s1. The van der Waals surface area contributed by atoms with Gasteiger partial charge in [-0.3, -0.25) is 19.4 Å². The van der Waals surface area contributed by atoms with E-state index in [-0.39, 0.29) is 47.7 Å². The lowest BCUT2D eigenvalue weighted by atomic mass is 10.0. The number of rotatable bonds is 8. The molecule has 0 radical (unpaired) electrons. The van der Waals surface area contributed by atoms with Crippen molar-refractivity contribution in [1.82, 2.24) is 24.8 Å². The summed E-state index contributed by atoms with van der Waals surface area (Å²) in [7, 11) is 1.56. The van der Waals surface area contributed by atoms with Gasteiger partial charge >= 0.3 is 12.2 Å². The summed E-state index contributed by atoms with van der Waals surface area (Å²) in [4.78, 5) is 53.2. The van der Waals surface area contributed by atoms with Gasteiger partial charge < -0.3 is 19.0 Å². The van der Waals surface area contributed by atoms with E-state index in [4.69, 9.17) is 9.26 Å². The van der Waals surface area contributed by atoms with E-state index >= 15 is 0 Å². The number of carbonyl (C=O) groups excluding carboxylic acids is 4. The Morgan fingerprint density at radius 1 is 0.787 bits per heavy atom. The third-order valence-corrected chi connectivity index (χ3v) is 8.06. The number of amides is 3. The number of imide groups is 1. The summed E-state index contributed by atoms with van der Waals surface area (Å²) in [6.07, 6.45) is -3.67. The van der Waals surface area contributed by atoms with E-state index in [1.54, 1.807) is 11.9 Å². The van der Waals surface area contributed by atoms with E-state index in [0.717, 1.165) is 56.8 Å². The number of urea groups is 1. The van der Waals surface area contributed by atoms with Crippen molar-refractivity contribution >= 4 is 23.5 Å². The van der Waals surface area contributed by atoms with Crippen molar-refractivity contribution in [2.75, 3.05) is 46.4 Å². The fourth-order valence-electron chi connectivity index (χ4n) is 4.38. The van der Waals surface area contributed by atoms with E-state index in [1.807, 2.05) is 98.7 Å². The number of nitrogens with zero attached hydrogens (tertiary/aromatic N) is 5. The van der Waals surface area contributed by atoms with Crippen molar-refractivity contribution in [3.8, 4) is 0 Å². The molecule has 2 aliphatic heterocycles. The van der Waals surface area contributed by atoms with Crippen LogP contribution in [-0.2, 0) is 26.9 Å². The van der Waals surface area contributed by atoms with Crippen LogP contribution in [0.15, 0.2) is 65.2 Å². The second kappa shape index (κ2) is 38.5. The Morgan fingerprint density at radius 2 is 1.25 bits per heavy atom. The van der Waals surface area contributed by atoms with Crippen LogP contribution in [0.5, 0.6) is 0 Å². The van der Waals surface area contributed by atoms with E-state index in [2.05, 4.69) is 42.7 Å². The first-order chi connectivity index (χ1) is 28.9. The average Bonchev–Trinajstić information content (AvgIpc) is 3.82. The maximum absolute atomic E-state index is 12.5. The molecular formula is C47H80F3N5O6. The summed E-state index contributed by atoms with van der Waals surface area (Å²) >= 11 is 0. The molecule has 2 saturated heterocycles. The van der Waals surface area contributed by atoms with E-state index in [1.165, 1.54) is 37.8 Å².